The van der Waals surface area contributed by atoms with E-state index in [1.165, 1.54) is 0 Å². The van der Waals surface area contributed by atoms with Gasteiger partial charge in [0.05, 0.1) is 12.2 Å². The molecule has 1 aliphatic heterocycles. The predicted octanol–water partition coefficient (Wildman–Crippen LogP) is 3.28. The molecule has 0 spiro atoms. The SMILES string of the molecule is CCC(=O)c1ccc2c(c1)N(CC)CC(C)(C)O2. The predicted molar refractivity (Wildman–Crippen MR) is 73.7 cm³/mol. The Balaban J connectivity index is 2.42. The molecule has 0 saturated carbocycles. The second kappa shape index (κ2) is 4.63. The molecule has 3 nitrogen and oxygen atoms in total. The van der Waals surface area contributed by atoms with Crippen molar-refractivity contribution in [2.75, 3.05) is 18.0 Å². The second-order valence-electron chi connectivity index (χ2n) is 5.34. The first-order chi connectivity index (χ1) is 8.46. The molecule has 1 heterocycles. The molecule has 0 aromatic heterocycles. The van der Waals surface area contributed by atoms with Crippen molar-refractivity contribution < 1.29 is 9.53 Å². The van der Waals surface area contributed by atoms with Crippen LogP contribution in [0.4, 0.5) is 5.69 Å². The minimum Gasteiger partial charge on any atom is -0.484 e. The van der Waals surface area contributed by atoms with Crippen molar-refractivity contribution in [3.05, 3.63) is 23.8 Å². The van der Waals surface area contributed by atoms with E-state index in [9.17, 15) is 4.79 Å². The summed E-state index contributed by atoms with van der Waals surface area (Å²) in [6.45, 7) is 9.95. The zero-order valence-corrected chi connectivity index (χ0v) is 11.6. The van der Waals surface area contributed by atoms with Crippen molar-refractivity contribution in [2.45, 2.75) is 39.7 Å². The van der Waals surface area contributed by atoms with E-state index in [0.29, 0.717) is 6.42 Å². The van der Waals surface area contributed by atoms with Crippen LogP contribution < -0.4 is 9.64 Å². The van der Waals surface area contributed by atoms with Gasteiger partial charge in [-0.3, -0.25) is 4.79 Å². The van der Waals surface area contributed by atoms with Gasteiger partial charge in [0.25, 0.3) is 0 Å². The third-order valence-corrected chi connectivity index (χ3v) is 3.28. The quantitative estimate of drug-likeness (QED) is 0.768. The molecular weight excluding hydrogens is 226 g/mol. The first-order valence-corrected chi connectivity index (χ1v) is 6.58. The van der Waals surface area contributed by atoms with Crippen LogP contribution in [-0.2, 0) is 0 Å². The highest BCUT2D eigenvalue weighted by molar-refractivity contribution is 5.97. The fourth-order valence-electron chi connectivity index (χ4n) is 2.39. The smallest absolute Gasteiger partial charge is 0.162 e. The van der Waals surface area contributed by atoms with E-state index in [0.717, 1.165) is 30.1 Å². The Morgan fingerprint density at radius 1 is 1.39 bits per heavy atom. The number of rotatable bonds is 3. The third-order valence-electron chi connectivity index (χ3n) is 3.28. The average molecular weight is 247 g/mol. The lowest BCUT2D eigenvalue weighted by molar-refractivity contribution is 0.0986. The van der Waals surface area contributed by atoms with E-state index >= 15 is 0 Å². The average Bonchev–Trinajstić information content (AvgIpc) is 2.35. The largest absolute Gasteiger partial charge is 0.484 e. The molecule has 1 aromatic carbocycles. The van der Waals surface area contributed by atoms with Crippen molar-refractivity contribution in [2.24, 2.45) is 0 Å². The highest BCUT2D eigenvalue weighted by Crippen LogP contribution is 2.37. The molecular formula is C15H21NO2. The van der Waals surface area contributed by atoms with Crippen LogP contribution >= 0.6 is 0 Å². The number of carbonyl (C=O) groups is 1. The van der Waals surface area contributed by atoms with Gasteiger partial charge in [0.15, 0.2) is 5.78 Å². The van der Waals surface area contributed by atoms with Crippen molar-refractivity contribution in [3.8, 4) is 5.75 Å². The van der Waals surface area contributed by atoms with Crippen LogP contribution in [0.15, 0.2) is 18.2 Å². The molecule has 0 unspecified atom stereocenters. The molecule has 0 aliphatic carbocycles. The van der Waals surface area contributed by atoms with Crippen LogP contribution in [0.1, 0.15) is 44.5 Å². The molecule has 18 heavy (non-hydrogen) atoms. The Morgan fingerprint density at radius 2 is 2.11 bits per heavy atom. The third kappa shape index (κ3) is 2.35. The number of anilines is 1. The molecule has 0 fully saturated rings. The lowest BCUT2D eigenvalue weighted by Crippen LogP contribution is -2.46. The highest BCUT2D eigenvalue weighted by atomic mass is 16.5. The highest BCUT2D eigenvalue weighted by Gasteiger charge is 2.31. The van der Waals surface area contributed by atoms with E-state index in [-0.39, 0.29) is 11.4 Å². The van der Waals surface area contributed by atoms with E-state index in [1.807, 2.05) is 25.1 Å². The van der Waals surface area contributed by atoms with Gasteiger partial charge in [-0.15, -0.1) is 0 Å². The Bertz CT molecular complexity index is 466. The van der Waals surface area contributed by atoms with Crippen LogP contribution in [0.2, 0.25) is 0 Å². The Hall–Kier alpha value is -1.51. The van der Waals surface area contributed by atoms with Crippen LogP contribution in [-0.4, -0.2) is 24.5 Å². The van der Waals surface area contributed by atoms with Gasteiger partial charge >= 0.3 is 0 Å². The minimum absolute atomic E-state index is 0.179. The molecule has 2 rings (SSSR count). The van der Waals surface area contributed by atoms with Gasteiger partial charge in [0.2, 0.25) is 0 Å². The van der Waals surface area contributed by atoms with Crippen molar-refractivity contribution >= 4 is 11.5 Å². The minimum atomic E-state index is -0.181. The van der Waals surface area contributed by atoms with Gasteiger partial charge < -0.3 is 9.64 Å². The lowest BCUT2D eigenvalue weighted by atomic mass is 10.0. The Morgan fingerprint density at radius 3 is 2.72 bits per heavy atom. The number of ether oxygens (including phenoxy) is 1. The zero-order chi connectivity index (χ0) is 13.3. The van der Waals surface area contributed by atoms with Gasteiger partial charge in [-0.05, 0) is 39.0 Å². The number of ketones is 1. The summed E-state index contributed by atoms with van der Waals surface area (Å²) in [5.74, 6) is 1.06. The van der Waals surface area contributed by atoms with Crippen LogP contribution in [0.3, 0.4) is 0 Å². The van der Waals surface area contributed by atoms with Crippen molar-refractivity contribution in [3.63, 3.8) is 0 Å². The maximum absolute atomic E-state index is 11.8. The summed E-state index contributed by atoms with van der Waals surface area (Å²) in [7, 11) is 0. The molecule has 3 heteroatoms. The van der Waals surface area contributed by atoms with Gasteiger partial charge in [-0.25, -0.2) is 0 Å². The number of fused-ring (bicyclic) bond motifs is 1. The summed E-state index contributed by atoms with van der Waals surface area (Å²) >= 11 is 0. The maximum atomic E-state index is 11.8. The summed E-state index contributed by atoms with van der Waals surface area (Å²) in [5, 5.41) is 0. The van der Waals surface area contributed by atoms with Gasteiger partial charge in [0, 0.05) is 18.5 Å². The molecule has 1 aromatic rings. The van der Waals surface area contributed by atoms with Crippen LogP contribution in [0, 0.1) is 0 Å². The molecule has 0 atom stereocenters. The monoisotopic (exact) mass is 247 g/mol. The molecule has 98 valence electrons. The Labute approximate surface area is 109 Å². The number of hydrogen-bond donors (Lipinski definition) is 0. The number of Topliss-reactive ketones (excluding diaryl/α,β-unsaturated/α-hetero) is 1. The number of likely N-dealkylation sites (N-methyl/N-ethyl adjacent to an activating group) is 1. The topological polar surface area (TPSA) is 29.5 Å². The first kappa shape index (κ1) is 12.9. The molecule has 0 bridgehead atoms. The molecule has 0 amide bonds. The summed E-state index contributed by atoms with van der Waals surface area (Å²) < 4.78 is 5.97. The first-order valence-electron chi connectivity index (χ1n) is 6.58. The fourth-order valence-corrected chi connectivity index (χ4v) is 2.39. The van der Waals surface area contributed by atoms with Gasteiger partial charge in [-0.1, -0.05) is 6.92 Å². The summed E-state index contributed by atoms with van der Waals surface area (Å²) in [4.78, 5) is 14.0. The molecule has 0 N–H and O–H groups in total. The van der Waals surface area contributed by atoms with E-state index in [4.69, 9.17) is 4.74 Å². The molecule has 0 radical (unpaired) electrons. The van der Waals surface area contributed by atoms with Gasteiger partial charge in [0.1, 0.15) is 11.4 Å². The normalized spacial score (nSPS) is 17.0. The van der Waals surface area contributed by atoms with E-state index in [2.05, 4.69) is 25.7 Å². The number of hydrogen-bond acceptors (Lipinski definition) is 3. The fraction of sp³-hybridized carbons (Fsp3) is 0.533. The van der Waals surface area contributed by atoms with Crippen LogP contribution in [0.25, 0.3) is 0 Å². The number of carbonyl (C=O) groups excluding carboxylic acids is 1. The molecule has 0 saturated heterocycles. The van der Waals surface area contributed by atoms with Crippen molar-refractivity contribution in [1.82, 2.24) is 0 Å². The Kier molecular flexibility index (Phi) is 3.33. The summed E-state index contributed by atoms with van der Waals surface area (Å²) in [5.41, 5.74) is 1.63. The maximum Gasteiger partial charge on any atom is 0.162 e. The second-order valence-corrected chi connectivity index (χ2v) is 5.34. The summed E-state index contributed by atoms with van der Waals surface area (Å²) in [6, 6.07) is 5.74. The number of benzene rings is 1. The van der Waals surface area contributed by atoms with Crippen LogP contribution in [0.5, 0.6) is 5.75 Å². The lowest BCUT2D eigenvalue weighted by Gasteiger charge is -2.40. The molecule has 1 aliphatic rings. The van der Waals surface area contributed by atoms with E-state index < -0.39 is 0 Å². The van der Waals surface area contributed by atoms with E-state index in [1.54, 1.807) is 0 Å². The van der Waals surface area contributed by atoms with Gasteiger partial charge in [-0.2, -0.15) is 0 Å². The zero-order valence-electron chi connectivity index (χ0n) is 11.6. The van der Waals surface area contributed by atoms with Crippen molar-refractivity contribution in [1.29, 1.82) is 0 Å². The summed E-state index contributed by atoms with van der Waals surface area (Å²) in [6.07, 6.45) is 0.539. The standard InChI is InChI=1S/C15H21NO2/c1-5-13(17)11-7-8-14-12(9-11)16(6-2)10-15(3,4)18-14/h7-9H,5-6,10H2,1-4H3. The number of nitrogens with zero attached hydrogens (tertiary/aromatic N) is 1.